The molecule has 6 saturated carbocycles. The van der Waals surface area contributed by atoms with Crippen molar-refractivity contribution >= 4 is 101 Å². The van der Waals surface area contributed by atoms with Gasteiger partial charge in [0.25, 0.3) is 11.8 Å². The Bertz CT molecular complexity index is 4090. The van der Waals surface area contributed by atoms with Gasteiger partial charge in [-0.2, -0.15) is 0 Å². The number of fused-ring (bicyclic) bond motifs is 4. The van der Waals surface area contributed by atoms with Crippen LogP contribution in [0.5, 0.6) is 0 Å². The van der Waals surface area contributed by atoms with E-state index in [1.54, 1.807) is 36.4 Å². The molecule has 28 heteroatoms. The summed E-state index contributed by atoms with van der Waals surface area (Å²) < 4.78 is 114. The second-order valence-corrected chi connectivity index (χ2v) is 30.1. The number of aliphatic hydroxyl groups excluding tert-OH is 1. The zero-order valence-corrected chi connectivity index (χ0v) is 53.5. The maximum Gasteiger partial charge on any atom is 0.267 e. The number of hydrogen-bond acceptors (Lipinski definition) is 16. The van der Waals surface area contributed by atoms with Crippen molar-refractivity contribution in [2.45, 2.75) is 162 Å². The van der Waals surface area contributed by atoms with Gasteiger partial charge < -0.3 is 38.2 Å². The van der Waals surface area contributed by atoms with Crippen molar-refractivity contribution in [3.05, 3.63) is 138 Å². The van der Waals surface area contributed by atoms with Gasteiger partial charge in [-0.25, -0.2) is 35.1 Å². The minimum atomic E-state index is -4.19. The second-order valence-electron chi connectivity index (χ2n) is 24.6. The lowest BCUT2D eigenvalue weighted by Crippen LogP contribution is -2.43. The van der Waals surface area contributed by atoms with E-state index in [1.807, 2.05) is 9.44 Å². The maximum absolute atomic E-state index is 15.2. The molecule has 10 atom stereocenters. The molecule has 3 N–H and O–H groups in total. The Balaban J connectivity index is 0.000000167. The number of amides is 4. The van der Waals surface area contributed by atoms with Gasteiger partial charge in [-0.05, 0) is 151 Å². The summed E-state index contributed by atoms with van der Waals surface area (Å²) in [6.45, 7) is 0.327. The van der Waals surface area contributed by atoms with Crippen LogP contribution in [0.25, 0.3) is 22.5 Å². The Kier molecular flexibility index (Phi) is 17.7. The number of anilines is 2. The highest BCUT2D eigenvalue weighted by Crippen LogP contribution is 2.51. The van der Waals surface area contributed by atoms with Gasteiger partial charge in [-0.3, -0.25) is 19.2 Å². The molecule has 2 aliphatic heterocycles. The summed E-state index contributed by atoms with van der Waals surface area (Å²) >= 11 is 25.9. The Labute approximate surface area is 542 Å². The molecule has 482 valence electrons. The number of piperidine rings is 2. The van der Waals surface area contributed by atoms with Crippen LogP contribution >= 0.6 is 46.4 Å². The quantitative estimate of drug-likeness (QED) is 0.0680. The lowest BCUT2D eigenvalue weighted by atomic mass is 10.0. The van der Waals surface area contributed by atoms with E-state index in [2.05, 4.69) is 10.3 Å². The highest BCUT2D eigenvalue weighted by Gasteiger charge is 2.54. The van der Waals surface area contributed by atoms with Gasteiger partial charge >= 0.3 is 0 Å². The zero-order chi connectivity index (χ0) is 63.9. The first-order valence-corrected chi connectivity index (χ1v) is 34.9. The molecule has 8 aliphatic rings. The number of aliphatic hydroxyl groups is 1. The van der Waals surface area contributed by atoms with E-state index in [0.29, 0.717) is 106 Å². The molecule has 2 aromatic heterocycles. The summed E-state index contributed by atoms with van der Waals surface area (Å²) in [5.74, 6) is -3.37. The summed E-state index contributed by atoms with van der Waals surface area (Å²) in [6, 6.07) is 17.4. The number of sulfonamides is 2. The molecule has 4 bridgehead atoms. The van der Waals surface area contributed by atoms with Crippen molar-refractivity contribution in [3.63, 3.8) is 0 Å². The molecule has 8 fully saturated rings. The number of benzene rings is 4. The molecular formula is C63H62Cl4F2N6O14S2. The number of nitrogens with one attached hydrogen (secondary N) is 2. The largest absolute Gasteiger partial charge is 0.392 e. The number of rotatable bonds is 19. The average molecular weight is 1370 g/mol. The van der Waals surface area contributed by atoms with Crippen LogP contribution in [-0.2, 0) is 57.1 Å². The molecule has 4 heterocycles. The van der Waals surface area contributed by atoms with Crippen LogP contribution in [0.15, 0.2) is 81.8 Å². The first-order valence-electron chi connectivity index (χ1n) is 30.3. The van der Waals surface area contributed by atoms with E-state index in [0.717, 1.165) is 60.5 Å². The van der Waals surface area contributed by atoms with Gasteiger partial charge in [-0.15, -0.1) is 0 Å². The van der Waals surface area contributed by atoms with E-state index in [4.69, 9.17) is 69.7 Å². The molecule has 91 heavy (non-hydrogen) atoms. The molecule has 6 aromatic rings. The van der Waals surface area contributed by atoms with E-state index >= 15 is 8.78 Å². The summed E-state index contributed by atoms with van der Waals surface area (Å²) in [5, 5.41) is 18.3. The van der Waals surface area contributed by atoms with Gasteiger partial charge in [0.05, 0.1) is 80.7 Å². The third kappa shape index (κ3) is 12.3. The first kappa shape index (κ1) is 63.7. The Hall–Kier alpha value is -6.06. The topological polar surface area (TPSA) is 267 Å². The van der Waals surface area contributed by atoms with Crippen LogP contribution in [0.3, 0.4) is 0 Å². The molecule has 20 nitrogen and oxygen atoms in total. The van der Waals surface area contributed by atoms with Crippen molar-refractivity contribution in [3.8, 4) is 22.5 Å². The maximum atomic E-state index is 15.2. The number of aromatic nitrogens is 2. The molecule has 0 unspecified atom stereocenters. The smallest absolute Gasteiger partial charge is 0.267 e. The van der Waals surface area contributed by atoms with Gasteiger partial charge in [0, 0.05) is 64.7 Å². The van der Waals surface area contributed by atoms with Crippen LogP contribution in [0, 0.1) is 23.5 Å². The molecule has 0 radical (unpaired) electrons. The molecule has 6 aliphatic carbocycles. The van der Waals surface area contributed by atoms with E-state index in [1.165, 1.54) is 41.2 Å². The molecule has 4 amide bonds. The monoisotopic (exact) mass is 1370 g/mol. The van der Waals surface area contributed by atoms with Crippen LogP contribution < -0.4 is 19.2 Å². The fourth-order valence-electron chi connectivity index (χ4n) is 14.1. The summed E-state index contributed by atoms with van der Waals surface area (Å²) in [7, 11) is -6.84. The normalized spacial score (nSPS) is 26.0. The average Bonchev–Trinajstić information content (AvgIpc) is 1.63. The molecule has 4 aromatic carbocycles. The summed E-state index contributed by atoms with van der Waals surface area (Å²) in [4.78, 5) is 55.5. The summed E-state index contributed by atoms with van der Waals surface area (Å²) in [6.07, 6.45) is 6.34. The van der Waals surface area contributed by atoms with Gasteiger partial charge in [-0.1, -0.05) is 68.8 Å². The predicted molar refractivity (Wildman–Crippen MR) is 331 cm³/mol. The van der Waals surface area contributed by atoms with E-state index in [9.17, 15) is 41.1 Å². The third-order valence-electron chi connectivity index (χ3n) is 18.9. The Morgan fingerprint density at radius 2 is 1.01 bits per heavy atom. The fraction of sp³-hybridized carbons (Fsp3) is 0.460. The zero-order valence-electron chi connectivity index (χ0n) is 48.8. The number of methoxy groups -OCH3 is 1. The third-order valence-corrected chi connectivity index (χ3v) is 23.8. The lowest BCUT2D eigenvalue weighted by Gasteiger charge is -2.31. The number of carbonyl (C=O) groups is 4. The first-order chi connectivity index (χ1) is 43.6. The number of halogens is 6. The van der Waals surface area contributed by atoms with Gasteiger partial charge in [0.2, 0.25) is 31.9 Å². The van der Waals surface area contributed by atoms with Crippen molar-refractivity contribution in [1.82, 2.24) is 19.8 Å². The summed E-state index contributed by atoms with van der Waals surface area (Å²) in [5.41, 5.74) is 3.41. The molecule has 14 rings (SSSR count). The minimum Gasteiger partial charge on any atom is -0.392 e. The standard InChI is InChI=1S/C32H32Cl2FN3O7S.C31H30Cl2FN3O7S/c1-43-25-6-3-7-27(25)46(41,42)37-31(39)19-11-10-17(13-24(19)35)38-18-12-20(32(38)40)26(14-18)44-15-21-29(36-45-30(21)16-8-9-16)28-22(33)4-2-5-23(28)34;32-21-3-1-4-22(33)27(21)28-20(29(44-35-28)15-7-8-15)14-43-25-13-17-11-19(25)31(40)37(17)16-9-10-18(23(34)12-16)30(39)36-45(41,42)26-6-2-5-24(26)38/h2,4-5,10-11,13,16,18,20,25-27H,3,6-9,12,14-15H2,1H3,(H,37,39);1,3-4,9-10,12,15,17,19,24-26,38H,2,5-8,11,13-14H2,(H,36,39)/t18-,20+,25+,26+,27+;17-,19+,24+,25+,26+/m00/s1. The van der Waals surface area contributed by atoms with E-state index < -0.39 is 89.2 Å². The molecular weight excluding hydrogens is 1310 g/mol. The van der Waals surface area contributed by atoms with Crippen LogP contribution in [0.4, 0.5) is 20.2 Å². The molecule has 0 spiro atoms. The number of carbonyl (C=O) groups excluding carboxylic acids is 4. The highest BCUT2D eigenvalue weighted by molar-refractivity contribution is 7.91. The molecule has 2 saturated heterocycles. The predicted octanol–water partition coefficient (Wildman–Crippen LogP) is 11.4. The number of ether oxygens (including phenoxy) is 3. The highest BCUT2D eigenvalue weighted by atomic mass is 35.5. The Morgan fingerprint density at radius 1 is 0.593 bits per heavy atom. The fourth-order valence-corrected chi connectivity index (χ4v) is 18.5. The van der Waals surface area contributed by atoms with Gasteiger partial charge in [0.1, 0.15) is 45.0 Å². The minimum absolute atomic E-state index is 0.159. The van der Waals surface area contributed by atoms with Gasteiger partial charge in [0.15, 0.2) is 0 Å². The van der Waals surface area contributed by atoms with E-state index in [-0.39, 0.29) is 73.3 Å². The van der Waals surface area contributed by atoms with Crippen molar-refractivity contribution in [1.29, 1.82) is 0 Å². The second kappa shape index (κ2) is 25.3. The SMILES string of the molecule is CO[C@@H]1CCC[C@H]1S(=O)(=O)NC(=O)c1ccc(N2C(=O)[C@@H]3C[C@H]2C[C@H]3OCc2c(-c3c(Cl)cccc3Cl)noc2C2CC2)cc1F.O=C(NS(=O)(=O)[C@@H]1CCC[C@H]1O)c1ccc(N2C(=O)[C@@H]3C[C@H]2C[C@H]3OCc2c(-c3c(Cl)cccc3Cl)noc2C2CC2)cc1F. The number of nitrogens with zero attached hydrogens (tertiary/aromatic N) is 4. The van der Waals surface area contributed by atoms with Crippen molar-refractivity contribution < 1.29 is 73.2 Å². The van der Waals surface area contributed by atoms with Crippen LogP contribution in [0.1, 0.15) is 145 Å². The van der Waals surface area contributed by atoms with Crippen molar-refractivity contribution in [2.24, 2.45) is 11.8 Å². The Morgan fingerprint density at radius 3 is 1.40 bits per heavy atom. The van der Waals surface area contributed by atoms with Crippen LogP contribution in [-0.4, -0.2) is 110 Å². The van der Waals surface area contributed by atoms with Crippen molar-refractivity contribution in [2.75, 3.05) is 16.9 Å². The lowest BCUT2D eigenvalue weighted by molar-refractivity contribution is -0.127. The van der Waals surface area contributed by atoms with Crippen LogP contribution in [0.2, 0.25) is 20.1 Å². The number of hydrogen-bond donors (Lipinski definition) is 3.